The standard InChI is InChI=1S/C11H19NO3/c1-2-3-4-5-6-9-12-10(13)7-8-11(14)15/h7-8H,2-6,9H2,1H3,(H,12,13)(H,14,15)/b8-7-. The summed E-state index contributed by atoms with van der Waals surface area (Å²) in [6.07, 6.45) is 7.56. The molecule has 4 nitrogen and oxygen atoms in total. The molecule has 0 aliphatic rings. The minimum Gasteiger partial charge on any atom is -0.478 e. The van der Waals surface area contributed by atoms with Crippen LogP contribution in [0.15, 0.2) is 12.2 Å². The van der Waals surface area contributed by atoms with Gasteiger partial charge in [0.2, 0.25) is 5.91 Å². The van der Waals surface area contributed by atoms with Gasteiger partial charge >= 0.3 is 5.97 Å². The average molecular weight is 213 g/mol. The number of carboxylic acids is 1. The zero-order valence-corrected chi connectivity index (χ0v) is 9.16. The van der Waals surface area contributed by atoms with E-state index >= 15 is 0 Å². The van der Waals surface area contributed by atoms with Crippen LogP contribution >= 0.6 is 0 Å². The van der Waals surface area contributed by atoms with Gasteiger partial charge in [-0.05, 0) is 6.42 Å². The van der Waals surface area contributed by atoms with E-state index < -0.39 is 5.97 Å². The number of carboxylic acid groups (broad SMARTS) is 1. The Hall–Kier alpha value is -1.32. The highest BCUT2D eigenvalue weighted by molar-refractivity contribution is 5.93. The SMILES string of the molecule is CCCCCCCNC(=O)/C=C\C(=O)O. The molecule has 0 saturated carbocycles. The minimum absolute atomic E-state index is 0.340. The molecule has 0 aromatic heterocycles. The van der Waals surface area contributed by atoms with Gasteiger partial charge in [0.1, 0.15) is 0 Å². The van der Waals surface area contributed by atoms with Gasteiger partial charge in [0.05, 0.1) is 0 Å². The van der Waals surface area contributed by atoms with Crippen LogP contribution < -0.4 is 5.32 Å². The Labute approximate surface area is 90.4 Å². The first-order valence-corrected chi connectivity index (χ1v) is 5.35. The molecule has 1 amide bonds. The lowest BCUT2D eigenvalue weighted by molar-refractivity contribution is -0.131. The molecule has 4 heteroatoms. The van der Waals surface area contributed by atoms with Gasteiger partial charge in [-0.3, -0.25) is 4.79 Å². The van der Waals surface area contributed by atoms with Crippen molar-refractivity contribution in [2.75, 3.05) is 6.54 Å². The largest absolute Gasteiger partial charge is 0.478 e. The van der Waals surface area contributed by atoms with Crippen molar-refractivity contribution in [1.29, 1.82) is 0 Å². The zero-order chi connectivity index (χ0) is 11.5. The van der Waals surface area contributed by atoms with Crippen molar-refractivity contribution in [1.82, 2.24) is 5.32 Å². The lowest BCUT2D eigenvalue weighted by atomic mass is 10.1. The fourth-order valence-electron chi connectivity index (χ4n) is 1.15. The summed E-state index contributed by atoms with van der Waals surface area (Å²) >= 11 is 0. The average Bonchev–Trinajstić information content (AvgIpc) is 2.20. The van der Waals surface area contributed by atoms with Gasteiger partial charge < -0.3 is 10.4 Å². The first-order chi connectivity index (χ1) is 7.16. The van der Waals surface area contributed by atoms with Crippen LogP contribution in [0.4, 0.5) is 0 Å². The van der Waals surface area contributed by atoms with Crippen molar-refractivity contribution in [2.24, 2.45) is 0 Å². The molecule has 0 saturated heterocycles. The van der Waals surface area contributed by atoms with Crippen LogP contribution in [0.2, 0.25) is 0 Å². The molecule has 0 radical (unpaired) electrons. The molecule has 0 heterocycles. The number of carbonyl (C=O) groups is 2. The second-order valence-electron chi connectivity index (χ2n) is 3.38. The number of unbranched alkanes of at least 4 members (excludes halogenated alkanes) is 4. The summed E-state index contributed by atoms with van der Waals surface area (Å²) in [4.78, 5) is 21.1. The van der Waals surface area contributed by atoms with E-state index in [0.29, 0.717) is 6.54 Å². The van der Waals surface area contributed by atoms with Crippen LogP contribution in [0, 0.1) is 0 Å². The topological polar surface area (TPSA) is 66.4 Å². The molecule has 0 aromatic rings. The van der Waals surface area contributed by atoms with Crippen LogP contribution in [-0.4, -0.2) is 23.5 Å². The Morgan fingerprint density at radius 1 is 1.13 bits per heavy atom. The molecule has 0 rings (SSSR count). The normalized spacial score (nSPS) is 10.5. The molecule has 0 aromatic carbocycles. The smallest absolute Gasteiger partial charge is 0.328 e. The maximum atomic E-state index is 11.0. The van der Waals surface area contributed by atoms with Crippen molar-refractivity contribution in [3.8, 4) is 0 Å². The third-order valence-electron chi connectivity index (χ3n) is 1.96. The van der Waals surface area contributed by atoms with Crippen molar-refractivity contribution in [3.05, 3.63) is 12.2 Å². The summed E-state index contributed by atoms with van der Waals surface area (Å²) in [7, 11) is 0. The Morgan fingerprint density at radius 2 is 1.80 bits per heavy atom. The molecule has 0 aliphatic carbocycles. The first kappa shape index (κ1) is 13.7. The van der Waals surface area contributed by atoms with E-state index in [1.165, 1.54) is 19.3 Å². The number of nitrogens with one attached hydrogen (secondary N) is 1. The predicted molar refractivity (Wildman–Crippen MR) is 58.5 cm³/mol. The van der Waals surface area contributed by atoms with Crippen molar-refractivity contribution in [3.63, 3.8) is 0 Å². The van der Waals surface area contributed by atoms with Gasteiger partial charge in [-0.2, -0.15) is 0 Å². The fraction of sp³-hybridized carbons (Fsp3) is 0.636. The maximum absolute atomic E-state index is 11.0. The van der Waals surface area contributed by atoms with Gasteiger partial charge in [-0.25, -0.2) is 4.79 Å². The molecule has 0 unspecified atom stereocenters. The monoisotopic (exact) mass is 213 g/mol. The van der Waals surface area contributed by atoms with Gasteiger partial charge in [0.15, 0.2) is 0 Å². The van der Waals surface area contributed by atoms with Crippen LogP contribution in [0.5, 0.6) is 0 Å². The van der Waals surface area contributed by atoms with Crippen molar-refractivity contribution < 1.29 is 14.7 Å². The Balaban J connectivity index is 3.35. The van der Waals surface area contributed by atoms with Gasteiger partial charge in [0, 0.05) is 18.7 Å². The quantitative estimate of drug-likeness (QED) is 0.476. The molecule has 2 N–H and O–H groups in total. The summed E-state index contributed by atoms with van der Waals surface area (Å²) in [5.41, 5.74) is 0. The fourth-order valence-corrected chi connectivity index (χ4v) is 1.15. The Kier molecular flexibility index (Phi) is 8.43. The van der Waals surface area contributed by atoms with Crippen molar-refractivity contribution in [2.45, 2.75) is 39.0 Å². The van der Waals surface area contributed by atoms with E-state index in [4.69, 9.17) is 5.11 Å². The summed E-state index contributed by atoms with van der Waals surface area (Å²) in [5.74, 6) is -1.44. The molecular weight excluding hydrogens is 194 g/mol. The Bertz CT molecular complexity index is 224. The van der Waals surface area contributed by atoms with E-state index in [1.54, 1.807) is 0 Å². The third-order valence-corrected chi connectivity index (χ3v) is 1.96. The molecule has 15 heavy (non-hydrogen) atoms. The molecule has 0 aliphatic heterocycles. The summed E-state index contributed by atoms with van der Waals surface area (Å²) in [5, 5.41) is 10.9. The lowest BCUT2D eigenvalue weighted by Gasteiger charge is -2.01. The zero-order valence-electron chi connectivity index (χ0n) is 9.16. The second-order valence-corrected chi connectivity index (χ2v) is 3.38. The number of rotatable bonds is 8. The number of aliphatic carboxylic acids is 1. The lowest BCUT2D eigenvalue weighted by Crippen LogP contribution is -2.22. The van der Waals surface area contributed by atoms with Crippen LogP contribution in [0.3, 0.4) is 0 Å². The second kappa shape index (κ2) is 9.24. The molecular formula is C11H19NO3. The number of hydrogen-bond acceptors (Lipinski definition) is 2. The van der Waals surface area contributed by atoms with E-state index in [-0.39, 0.29) is 5.91 Å². The van der Waals surface area contributed by atoms with Gasteiger partial charge in [0.25, 0.3) is 0 Å². The molecule has 0 fully saturated rings. The Morgan fingerprint density at radius 3 is 2.40 bits per heavy atom. The predicted octanol–water partition coefficient (Wildman–Crippen LogP) is 1.71. The van der Waals surface area contributed by atoms with E-state index in [1.807, 2.05) is 0 Å². The molecule has 0 bridgehead atoms. The van der Waals surface area contributed by atoms with Crippen LogP contribution in [-0.2, 0) is 9.59 Å². The van der Waals surface area contributed by atoms with E-state index in [2.05, 4.69) is 12.2 Å². The van der Waals surface area contributed by atoms with E-state index in [9.17, 15) is 9.59 Å². The third kappa shape index (κ3) is 10.6. The van der Waals surface area contributed by atoms with Gasteiger partial charge in [-0.15, -0.1) is 0 Å². The highest BCUT2D eigenvalue weighted by Crippen LogP contribution is 2.00. The summed E-state index contributed by atoms with van der Waals surface area (Å²) in [6.45, 7) is 2.77. The van der Waals surface area contributed by atoms with Gasteiger partial charge in [-0.1, -0.05) is 32.6 Å². The number of amides is 1. The summed E-state index contributed by atoms with van der Waals surface area (Å²) < 4.78 is 0. The number of hydrogen-bond donors (Lipinski definition) is 2. The minimum atomic E-state index is -1.10. The van der Waals surface area contributed by atoms with Crippen molar-refractivity contribution >= 4 is 11.9 Å². The van der Waals surface area contributed by atoms with Crippen LogP contribution in [0.1, 0.15) is 39.0 Å². The molecule has 0 atom stereocenters. The highest BCUT2D eigenvalue weighted by atomic mass is 16.4. The highest BCUT2D eigenvalue weighted by Gasteiger charge is 1.95. The number of carbonyl (C=O) groups excluding carboxylic acids is 1. The molecule has 86 valence electrons. The summed E-state index contributed by atoms with van der Waals surface area (Å²) in [6, 6.07) is 0. The maximum Gasteiger partial charge on any atom is 0.328 e. The first-order valence-electron chi connectivity index (χ1n) is 5.35. The van der Waals surface area contributed by atoms with E-state index in [0.717, 1.165) is 25.0 Å². The molecule has 0 spiro atoms. The van der Waals surface area contributed by atoms with Crippen LogP contribution in [0.25, 0.3) is 0 Å².